The average Bonchev–Trinajstić information content (AvgIpc) is 3.15. The molecular formula is C18H23N5O2. The van der Waals surface area contributed by atoms with E-state index in [2.05, 4.69) is 20.1 Å². The summed E-state index contributed by atoms with van der Waals surface area (Å²) in [7, 11) is 1.65. The highest BCUT2D eigenvalue weighted by Crippen LogP contribution is 2.22. The summed E-state index contributed by atoms with van der Waals surface area (Å²) in [5.41, 5.74) is 0.867. The lowest BCUT2D eigenvalue weighted by Crippen LogP contribution is -2.41. The van der Waals surface area contributed by atoms with Gasteiger partial charge >= 0.3 is 0 Å². The summed E-state index contributed by atoms with van der Waals surface area (Å²) in [4.78, 5) is 6.15. The molecule has 0 amide bonds. The summed E-state index contributed by atoms with van der Waals surface area (Å²) >= 11 is 0. The third kappa shape index (κ3) is 4.37. The smallest absolute Gasteiger partial charge is 0.148 e. The number of methoxy groups -OCH3 is 1. The Hall–Kier alpha value is -2.83. The molecule has 1 aromatic heterocycles. The van der Waals surface area contributed by atoms with Crippen molar-refractivity contribution in [2.24, 2.45) is 0 Å². The molecule has 1 aromatic carbocycles. The molecule has 7 heteroatoms. The van der Waals surface area contributed by atoms with Gasteiger partial charge in [0, 0.05) is 25.9 Å². The molecule has 0 unspecified atom stereocenters. The lowest BCUT2D eigenvalue weighted by Gasteiger charge is -2.34. The van der Waals surface area contributed by atoms with Gasteiger partial charge in [-0.3, -0.25) is 10.5 Å². The molecule has 0 spiro atoms. The van der Waals surface area contributed by atoms with Gasteiger partial charge in [-0.15, -0.1) is 0 Å². The second-order valence-electron chi connectivity index (χ2n) is 6.03. The molecule has 2 N–H and O–H groups in total. The molecule has 7 nitrogen and oxygen atoms in total. The molecule has 0 atom stereocenters. The predicted octanol–water partition coefficient (Wildman–Crippen LogP) is 2.74. The molecule has 3 rings (SSSR count). The van der Waals surface area contributed by atoms with Gasteiger partial charge in [-0.1, -0.05) is 0 Å². The summed E-state index contributed by atoms with van der Waals surface area (Å²) < 4.78 is 11.2. The largest absolute Gasteiger partial charge is 0.497 e. The molecule has 1 aliphatic rings. The Bertz CT molecular complexity index is 716. The van der Waals surface area contributed by atoms with Gasteiger partial charge in [0.25, 0.3) is 0 Å². The fourth-order valence-electron chi connectivity index (χ4n) is 2.85. The number of nitrogens with zero attached hydrogens (tertiary/aromatic N) is 3. The number of ether oxygens (including phenoxy) is 2. The Morgan fingerprint density at radius 3 is 2.52 bits per heavy atom. The lowest BCUT2D eigenvalue weighted by molar-refractivity contribution is 0.131. The fourth-order valence-corrected chi connectivity index (χ4v) is 2.85. The highest BCUT2D eigenvalue weighted by atomic mass is 16.5. The minimum Gasteiger partial charge on any atom is -0.497 e. The number of benzene rings is 1. The first-order valence-corrected chi connectivity index (χ1v) is 8.34. The van der Waals surface area contributed by atoms with Gasteiger partial charge in [0.2, 0.25) is 0 Å². The summed E-state index contributed by atoms with van der Waals surface area (Å²) in [5.74, 6) is 2.87. The van der Waals surface area contributed by atoms with Crippen LogP contribution in [0.5, 0.6) is 11.5 Å². The molecule has 0 radical (unpaired) electrons. The van der Waals surface area contributed by atoms with E-state index in [-0.39, 0.29) is 6.10 Å². The molecular weight excluding hydrogens is 318 g/mol. The lowest BCUT2D eigenvalue weighted by atomic mass is 10.1. The van der Waals surface area contributed by atoms with Crippen molar-refractivity contribution in [1.29, 1.82) is 5.41 Å². The Labute approximate surface area is 147 Å². The normalized spacial score (nSPS) is 15.9. The van der Waals surface area contributed by atoms with Crippen molar-refractivity contribution in [1.82, 2.24) is 20.1 Å². The van der Waals surface area contributed by atoms with E-state index >= 15 is 0 Å². The molecule has 132 valence electrons. The van der Waals surface area contributed by atoms with Crippen molar-refractivity contribution in [3.63, 3.8) is 0 Å². The molecule has 1 saturated heterocycles. The molecule has 1 fully saturated rings. The van der Waals surface area contributed by atoms with Crippen LogP contribution in [-0.4, -0.2) is 52.2 Å². The van der Waals surface area contributed by atoms with Crippen molar-refractivity contribution >= 4 is 11.9 Å². The zero-order chi connectivity index (χ0) is 17.6. The first kappa shape index (κ1) is 17.0. The maximum Gasteiger partial charge on any atom is 0.148 e. The zero-order valence-corrected chi connectivity index (χ0v) is 14.5. The first-order valence-electron chi connectivity index (χ1n) is 8.34. The van der Waals surface area contributed by atoms with Crippen molar-refractivity contribution in [3.05, 3.63) is 42.0 Å². The van der Waals surface area contributed by atoms with Gasteiger partial charge in [-0.2, -0.15) is 5.10 Å². The number of aromatic amines is 1. The number of hydrogen-bond acceptors (Lipinski definition) is 5. The minimum atomic E-state index is 0.177. The van der Waals surface area contributed by atoms with Crippen molar-refractivity contribution in [2.75, 3.05) is 20.2 Å². The maximum absolute atomic E-state index is 8.36. The van der Waals surface area contributed by atoms with Crippen LogP contribution in [-0.2, 0) is 0 Å². The second-order valence-corrected chi connectivity index (χ2v) is 6.03. The molecule has 0 saturated carbocycles. The molecule has 0 aliphatic carbocycles. The molecule has 0 bridgehead atoms. The maximum atomic E-state index is 8.36. The third-order valence-electron chi connectivity index (χ3n) is 4.28. The Morgan fingerprint density at radius 2 is 1.92 bits per heavy atom. The monoisotopic (exact) mass is 341 g/mol. The van der Waals surface area contributed by atoms with E-state index in [1.165, 1.54) is 6.33 Å². The number of H-pyrrole nitrogens is 1. The van der Waals surface area contributed by atoms with E-state index in [9.17, 15) is 0 Å². The fraction of sp³-hybridized carbons (Fsp3) is 0.389. The SMILES string of the molecule is COc1ccc(OC2CCN(C(=N)/C(C)=C\c3ncn[nH]3)CC2)cc1. The second kappa shape index (κ2) is 7.83. The Kier molecular flexibility index (Phi) is 5.33. The zero-order valence-electron chi connectivity index (χ0n) is 14.5. The standard InChI is InChI=1S/C18H23N5O2/c1-13(11-17-20-12-21-22-17)18(19)23-9-7-16(8-10-23)25-15-5-3-14(24-2)4-6-15/h3-6,11-12,16,19H,7-10H2,1-2H3,(H,20,21,22)/b13-11-,19-18?. The predicted molar refractivity (Wildman–Crippen MR) is 96.0 cm³/mol. The molecule has 1 aliphatic heterocycles. The number of hydrogen-bond donors (Lipinski definition) is 2. The Balaban J connectivity index is 1.51. The van der Waals surface area contributed by atoms with Crippen LogP contribution in [0.4, 0.5) is 0 Å². The van der Waals surface area contributed by atoms with Gasteiger partial charge < -0.3 is 14.4 Å². The van der Waals surface area contributed by atoms with Crippen LogP contribution in [0.1, 0.15) is 25.6 Å². The van der Waals surface area contributed by atoms with Gasteiger partial charge in [-0.05, 0) is 42.8 Å². The summed E-state index contributed by atoms with van der Waals surface area (Å²) in [5, 5.41) is 15.0. The van der Waals surface area contributed by atoms with Crippen LogP contribution in [0.2, 0.25) is 0 Å². The number of aromatic nitrogens is 3. The highest BCUT2D eigenvalue weighted by Gasteiger charge is 2.22. The van der Waals surface area contributed by atoms with E-state index < -0.39 is 0 Å². The van der Waals surface area contributed by atoms with E-state index in [0.29, 0.717) is 11.7 Å². The van der Waals surface area contributed by atoms with Crippen molar-refractivity contribution < 1.29 is 9.47 Å². The van der Waals surface area contributed by atoms with Crippen LogP contribution in [0.25, 0.3) is 6.08 Å². The summed E-state index contributed by atoms with van der Waals surface area (Å²) in [6.45, 7) is 3.53. The van der Waals surface area contributed by atoms with Gasteiger partial charge in [-0.25, -0.2) is 4.98 Å². The van der Waals surface area contributed by atoms with Crippen molar-refractivity contribution in [2.45, 2.75) is 25.9 Å². The molecule has 2 aromatic rings. The van der Waals surface area contributed by atoms with Crippen LogP contribution in [0.15, 0.2) is 36.2 Å². The number of amidine groups is 1. The molecule has 2 heterocycles. The molecule has 25 heavy (non-hydrogen) atoms. The topological polar surface area (TPSA) is 87.1 Å². The minimum absolute atomic E-state index is 0.177. The number of likely N-dealkylation sites (tertiary alicyclic amines) is 1. The van der Waals surface area contributed by atoms with Gasteiger partial charge in [0.05, 0.1) is 7.11 Å². The average molecular weight is 341 g/mol. The van der Waals surface area contributed by atoms with E-state index in [0.717, 1.165) is 43.0 Å². The van der Waals surface area contributed by atoms with E-state index in [4.69, 9.17) is 14.9 Å². The third-order valence-corrected chi connectivity index (χ3v) is 4.28. The highest BCUT2D eigenvalue weighted by molar-refractivity contribution is 5.99. The van der Waals surface area contributed by atoms with Crippen LogP contribution in [0, 0.1) is 5.41 Å². The Morgan fingerprint density at radius 1 is 1.24 bits per heavy atom. The van der Waals surface area contributed by atoms with E-state index in [1.54, 1.807) is 7.11 Å². The van der Waals surface area contributed by atoms with Gasteiger partial charge in [0.15, 0.2) is 0 Å². The number of nitrogens with one attached hydrogen (secondary N) is 2. The number of piperidine rings is 1. The van der Waals surface area contributed by atoms with Crippen LogP contribution >= 0.6 is 0 Å². The summed E-state index contributed by atoms with van der Waals surface area (Å²) in [6.07, 6.45) is 5.27. The van der Waals surface area contributed by atoms with Crippen LogP contribution in [0.3, 0.4) is 0 Å². The quantitative estimate of drug-likeness (QED) is 0.645. The first-order chi connectivity index (χ1) is 12.2. The van der Waals surface area contributed by atoms with E-state index in [1.807, 2.05) is 37.3 Å². The van der Waals surface area contributed by atoms with Crippen LogP contribution < -0.4 is 9.47 Å². The summed E-state index contributed by atoms with van der Waals surface area (Å²) in [6, 6.07) is 7.66. The van der Waals surface area contributed by atoms with Gasteiger partial charge in [0.1, 0.15) is 35.6 Å². The number of rotatable bonds is 5. The van der Waals surface area contributed by atoms with Crippen molar-refractivity contribution in [3.8, 4) is 11.5 Å².